The number of carbonyl (C=O) groups is 1. The van der Waals surface area contributed by atoms with Crippen molar-refractivity contribution in [3.63, 3.8) is 0 Å². The van der Waals surface area contributed by atoms with Gasteiger partial charge in [-0.3, -0.25) is 4.79 Å². The lowest BCUT2D eigenvalue weighted by molar-refractivity contribution is -0.149. The van der Waals surface area contributed by atoms with Crippen molar-refractivity contribution in [1.82, 2.24) is 25.0 Å². The molecular weight excluding hydrogens is 471 g/mol. The monoisotopic (exact) mass is 504 g/mol. The van der Waals surface area contributed by atoms with Gasteiger partial charge in [0.2, 0.25) is 0 Å². The highest BCUT2D eigenvalue weighted by Gasteiger charge is 2.28. The van der Waals surface area contributed by atoms with Gasteiger partial charge in [-0.2, -0.15) is 0 Å². The maximum absolute atomic E-state index is 12.0. The number of carbonyl (C=O) groups excluding carboxylic acids is 1. The third kappa shape index (κ3) is 5.81. The Hall–Kier alpha value is -1.39. The summed E-state index contributed by atoms with van der Waals surface area (Å²) in [5.41, 5.74) is 0. The second-order valence-corrected chi connectivity index (χ2v) is 7.50. The van der Waals surface area contributed by atoms with Crippen LogP contribution in [0.4, 0.5) is 0 Å². The molecule has 2 fully saturated rings. The van der Waals surface area contributed by atoms with Gasteiger partial charge >= 0.3 is 5.97 Å². The molecule has 2 aliphatic rings. The zero-order valence-corrected chi connectivity index (χ0v) is 19.5. The first-order valence-electron chi connectivity index (χ1n) is 10.2. The molecule has 2 heterocycles. The molecular formula is C19H33IN6O2. The number of piperidine rings is 1. The van der Waals surface area contributed by atoms with Crippen LogP contribution in [0.3, 0.4) is 0 Å². The van der Waals surface area contributed by atoms with E-state index in [9.17, 15) is 4.79 Å². The van der Waals surface area contributed by atoms with Crippen LogP contribution in [0.15, 0.2) is 4.99 Å². The molecule has 0 amide bonds. The van der Waals surface area contributed by atoms with E-state index < -0.39 is 0 Å². The van der Waals surface area contributed by atoms with E-state index >= 15 is 0 Å². The van der Waals surface area contributed by atoms with Crippen molar-refractivity contribution >= 4 is 35.9 Å². The van der Waals surface area contributed by atoms with E-state index in [-0.39, 0.29) is 35.9 Å². The number of nitrogens with one attached hydrogen (secondary N) is 1. The zero-order valence-electron chi connectivity index (χ0n) is 17.2. The molecule has 1 N–H and O–H groups in total. The van der Waals surface area contributed by atoms with E-state index in [1.165, 1.54) is 25.7 Å². The summed E-state index contributed by atoms with van der Waals surface area (Å²) in [6.45, 7) is 6.39. The second-order valence-electron chi connectivity index (χ2n) is 7.50. The number of aliphatic imine (C=N–C) groups is 1. The molecule has 0 atom stereocenters. The number of hydrogen-bond donors (Lipinski definition) is 1. The van der Waals surface area contributed by atoms with Crippen molar-refractivity contribution in [2.45, 2.75) is 65.0 Å². The Balaban J connectivity index is 0.00000280. The van der Waals surface area contributed by atoms with Crippen LogP contribution in [0.1, 0.15) is 57.1 Å². The van der Waals surface area contributed by atoms with Gasteiger partial charge in [-0.1, -0.05) is 12.8 Å². The molecule has 1 aliphatic heterocycles. The summed E-state index contributed by atoms with van der Waals surface area (Å²) in [4.78, 5) is 19.1. The summed E-state index contributed by atoms with van der Waals surface area (Å²) in [7, 11) is 1.97. The maximum Gasteiger partial charge on any atom is 0.309 e. The SMILES string of the molecule is CCOC(=O)C1CCN(C(=NCc2nnc(C)n2C)NC2CCCC2)CC1.I. The number of guanidine groups is 1. The van der Waals surface area contributed by atoms with E-state index in [0.29, 0.717) is 19.2 Å². The highest BCUT2D eigenvalue weighted by atomic mass is 127. The van der Waals surface area contributed by atoms with E-state index in [1.54, 1.807) is 0 Å². The minimum atomic E-state index is -0.0612. The zero-order chi connectivity index (χ0) is 19.2. The van der Waals surface area contributed by atoms with Gasteiger partial charge in [-0.25, -0.2) is 4.99 Å². The molecule has 0 bridgehead atoms. The van der Waals surface area contributed by atoms with Crippen molar-refractivity contribution in [1.29, 1.82) is 0 Å². The van der Waals surface area contributed by atoms with Crippen molar-refractivity contribution in [3.05, 3.63) is 11.6 Å². The van der Waals surface area contributed by atoms with Gasteiger partial charge < -0.3 is 19.5 Å². The average molecular weight is 504 g/mol. The fourth-order valence-electron chi connectivity index (χ4n) is 3.81. The van der Waals surface area contributed by atoms with E-state index in [1.807, 2.05) is 25.5 Å². The van der Waals surface area contributed by atoms with Crippen LogP contribution in [0, 0.1) is 12.8 Å². The average Bonchev–Trinajstić information content (AvgIpc) is 3.30. The third-order valence-electron chi connectivity index (χ3n) is 5.66. The number of halogens is 1. The minimum absolute atomic E-state index is 0. The maximum atomic E-state index is 12.0. The lowest BCUT2D eigenvalue weighted by Crippen LogP contribution is -2.49. The molecule has 0 unspecified atom stereocenters. The molecule has 1 saturated carbocycles. The topological polar surface area (TPSA) is 84.6 Å². The fourth-order valence-corrected chi connectivity index (χ4v) is 3.81. The Bertz CT molecular complexity index is 663. The smallest absolute Gasteiger partial charge is 0.309 e. The van der Waals surface area contributed by atoms with Gasteiger partial charge in [0, 0.05) is 26.2 Å². The first kappa shape index (κ1) is 22.9. The molecule has 1 aromatic rings. The standard InChI is InChI=1S/C19H32N6O2.HI/c1-4-27-18(26)15-9-11-25(12-10-15)19(21-16-7-5-6-8-16)20-13-17-23-22-14(2)24(17)3;/h15-16H,4-13H2,1-3H3,(H,20,21);1H. The molecule has 1 aliphatic carbocycles. The Labute approximate surface area is 184 Å². The number of likely N-dealkylation sites (tertiary alicyclic amines) is 1. The number of aryl methyl sites for hydroxylation is 1. The van der Waals surface area contributed by atoms with E-state index in [2.05, 4.69) is 20.4 Å². The predicted octanol–water partition coefficient (Wildman–Crippen LogP) is 2.40. The van der Waals surface area contributed by atoms with Crippen LogP contribution in [0.5, 0.6) is 0 Å². The Morgan fingerprint density at radius 3 is 2.46 bits per heavy atom. The van der Waals surface area contributed by atoms with Crippen molar-refractivity contribution < 1.29 is 9.53 Å². The van der Waals surface area contributed by atoms with Crippen LogP contribution >= 0.6 is 24.0 Å². The number of ether oxygens (including phenoxy) is 1. The van der Waals surface area contributed by atoms with Gasteiger partial charge in [0.15, 0.2) is 11.8 Å². The quantitative estimate of drug-likeness (QED) is 0.287. The molecule has 0 aromatic carbocycles. The number of hydrogen-bond acceptors (Lipinski definition) is 5. The van der Waals surface area contributed by atoms with Gasteiger partial charge in [-0.15, -0.1) is 34.2 Å². The largest absolute Gasteiger partial charge is 0.466 e. The Morgan fingerprint density at radius 2 is 1.89 bits per heavy atom. The summed E-state index contributed by atoms with van der Waals surface area (Å²) in [5.74, 6) is 2.63. The summed E-state index contributed by atoms with van der Waals surface area (Å²) < 4.78 is 7.16. The molecule has 158 valence electrons. The summed E-state index contributed by atoms with van der Waals surface area (Å²) >= 11 is 0. The molecule has 9 heteroatoms. The molecule has 0 radical (unpaired) electrons. The van der Waals surface area contributed by atoms with Crippen LogP contribution in [-0.2, 0) is 23.1 Å². The molecule has 28 heavy (non-hydrogen) atoms. The van der Waals surface area contributed by atoms with Crippen molar-refractivity contribution in [2.75, 3.05) is 19.7 Å². The lowest BCUT2D eigenvalue weighted by Gasteiger charge is -2.34. The minimum Gasteiger partial charge on any atom is -0.466 e. The second kappa shape index (κ2) is 11.0. The highest BCUT2D eigenvalue weighted by Crippen LogP contribution is 2.21. The number of aromatic nitrogens is 3. The van der Waals surface area contributed by atoms with Crippen molar-refractivity contribution in [3.8, 4) is 0 Å². The first-order chi connectivity index (χ1) is 13.1. The van der Waals surface area contributed by atoms with E-state index in [4.69, 9.17) is 9.73 Å². The van der Waals surface area contributed by atoms with Crippen LogP contribution < -0.4 is 5.32 Å². The number of nitrogens with zero attached hydrogens (tertiary/aromatic N) is 5. The molecule has 1 saturated heterocycles. The van der Waals surface area contributed by atoms with Gasteiger partial charge in [0.05, 0.1) is 12.5 Å². The normalized spacial score (nSPS) is 18.8. The van der Waals surface area contributed by atoms with Gasteiger partial charge in [0.25, 0.3) is 0 Å². The predicted molar refractivity (Wildman–Crippen MR) is 119 cm³/mol. The van der Waals surface area contributed by atoms with Crippen molar-refractivity contribution in [2.24, 2.45) is 18.0 Å². The third-order valence-corrected chi connectivity index (χ3v) is 5.66. The summed E-state index contributed by atoms with van der Waals surface area (Å²) in [6, 6.07) is 0.493. The van der Waals surface area contributed by atoms with Gasteiger partial charge in [0.1, 0.15) is 12.4 Å². The van der Waals surface area contributed by atoms with E-state index in [0.717, 1.165) is 43.5 Å². The lowest BCUT2D eigenvalue weighted by atomic mass is 9.97. The Kier molecular flexibility index (Phi) is 8.97. The summed E-state index contributed by atoms with van der Waals surface area (Å²) in [5, 5.41) is 12.0. The fraction of sp³-hybridized carbons (Fsp3) is 0.789. The summed E-state index contributed by atoms with van der Waals surface area (Å²) in [6.07, 6.45) is 6.57. The molecule has 1 aromatic heterocycles. The Morgan fingerprint density at radius 1 is 1.21 bits per heavy atom. The van der Waals surface area contributed by atoms with Crippen LogP contribution in [0.2, 0.25) is 0 Å². The van der Waals surface area contributed by atoms with Gasteiger partial charge in [-0.05, 0) is 39.5 Å². The molecule has 8 nitrogen and oxygen atoms in total. The number of esters is 1. The van der Waals surface area contributed by atoms with Crippen LogP contribution in [-0.4, -0.2) is 57.3 Å². The molecule has 0 spiro atoms. The van der Waals surface area contributed by atoms with Crippen LogP contribution in [0.25, 0.3) is 0 Å². The highest BCUT2D eigenvalue weighted by molar-refractivity contribution is 14.0. The molecule has 3 rings (SSSR count). The number of rotatable bonds is 5. The first-order valence-corrected chi connectivity index (χ1v) is 10.2.